The first-order valence-corrected chi connectivity index (χ1v) is 8.92. The lowest BCUT2D eigenvalue weighted by molar-refractivity contribution is 0.0797. The Labute approximate surface area is 157 Å². The molecule has 0 fully saturated rings. The molecule has 0 radical (unpaired) electrons. The van der Waals surface area contributed by atoms with Crippen LogP contribution in [0.5, 0.6) is 0 Å². The number of likely N-dealkylation sites (N-methyl/N-ethyl adjacent to an activating group) is 1. The highest BCUT2D eigenvalue weighted by atomic mass is 16.2. The number of carbonyl (C=O) groups excluding carboxylic acids is 1. The first-order valence-electron chi connectivity index (χ1n) is 8.92. The number of nitrogens with one attached hydrogen (secondary N) is 2. The highest BCUT2D eigenvalue weighted by Gasteiger charge is 2.19. The van der Waals surface area contributed by atoms with Gasteiger partial charge in [-0.25, -0.2) is 4.98 Å². The van der Waals surface area contributed by atoms with Crippen LogP contribution in [-0.4, -0.2) is 44.6 Å². The number of aromatic nitrogens is 4. The van der Waals surface area contributed by atoms with Crippen molar-refractivity contribution in [1.82, 2.24) is 25.1 Å². The summed E-state index contributed by atoms with van der Waals surface area (Å²) >= 11 is 0. The SMILES string of the molecule is Cc1cccc2[nH]c(CCN(C)C(=O)c3cn[nH]c3-c3ccccc3)nc12. The second kappa shape index (κ2) is 7.07. The van der Waals surface area contributed by atoms with Crippen LogP contribution in [0.15, 0.2) is 54.7 Å². The zero-order valence-corrected chi connectivity index (χ0v) is 15.4. The van der Waals surface area contributed by atoms with Crippen LogP contribution in [-0.2, 0) is 6.42 Å². The van der Waals surface area contributed by atoms with E-state index < -0.39 is 0 Å². The number of para-hydroxylation sites is 1. The minimum Gasteiger partial charge on any atom is -0.342 e. The molecule has 2 aromatic heterocycles. The molecule has 2 N–H and O–H groups in total. The van der Waals surface area contributed by atoms with Crippen molar-refractivity contribution in [2.24, 2.45) is 0 Å². The Hall–Kier alpha value is -3.41. The lowest BCUT2D eigenvalue weighted by Crippen LogP contribution is -2.29. The molecule has 6 nitrogen and oxygen atoms in total. The molecule has 27 heavy (non-hydrogen) atoms. The summed E-state index contributed by atoms with van der Waals surface area (Å²) in [5, 5.41) is 7.01. The van der Waals surface area contributed by atoms with Crippen molar-refractivity contribution in [1.29, 1.82) is 0 Å². The minimum absolute atomic E-state index is 0.0603. The first kappa shape index (κ1) is 17.0. The molecule has 4 rings (SSSR count). The number of imidazole rings is 1. The van der Waals surface area contributed by atoms with Crippen molar-refractivity contribution in [2.45, 2.75) is 13.3 Å². The Morgan fingerprint density at radius 1 is 1.11 bits per heavy atom. The van der Waals surface area contributed by atoms with Crippen LogP contribution in [0.1, 0.15) is 21.7 Å². The second-order valence-electron chi connectivity index (χ2n) is 6.66. The molecule has 136 valence electrons. The highest BCUT2D eigenvalue weighted by molar-refractivity contribution is 5.99. The first-order chi connectivity index (χ1) is 13.1. The Morgan fingerprint density at radius 2 is 1.93 bits per heavy atom. The fraction of sp³-hybridized carbons (Fsp3) is 0.190. The van der Waals surface area contributed by atoms with Gasteiger partial charge in [-0.15, -0.1) is 0 Å². The second-order valence-corrected chi connectivity index (χ2v) is 6.66. The van der Waals surface area contributed by atoms with E-state index in [4.69, 9.17) is 0 Å². The van der Waals surface area contributed by atoms with Gasteiger partial charge in [0.05, 0.1) is 28.5 Å². The van der Waals surface area contributed by atoms with Gasteiger partial charge in [-0.2, -0.15) is 5.10 Å². The van der Waals surface area contributed by atoms with Crippen LogP contribution in [0.2, 0.25) is 0 Å². The van der Waals surface area contributed by atoms with Crippen LogP contribution in [0, 0.1) is 6.92 Å². The van der Waals surface area contributed by atoms with Gasteiger partial charge in [-0.05, 0) is 18.6 Å². The molecule has 0 unspecified atom stereocenters. The Kier molecular flexibility index (Phi) is 4.46. The number of fused-ring (bicyclic) bond motifs is 1. The van der Waals surface area contributed by atoms with Crippen molar-refractivity contribution < 1.29 is 4.79 Å². The van der Waals surface area contributed by atoms with Gasteiger partial charge in [0, 0.05) is 25.6 Å². The number of nitrogens with zero attached hydrogens (tertiary/aromatic N) is 3. The summed E-state index contributed by atoms with van der Waals surface area (Å²) in [5.41, 5.74) is 5.42. The number of hydrogen-bond acceptors (Lipinski definition) is 3. The molecule has 0 atom stereocenters. The van der Waals surface area contributed by atoms with E-state index in [9.17, 15) is 4.79 Å². The number of rotatable bonds is 5. The summed E-state index contributed by atoms with van der Waals surface area (Å²) in [6, 6.07) is 15.8. The molecular weight excluding hydrogens is 338 g/mol. The van der Waals surface area contributed by atoms with Crippen LogP contribution in [0.3, 0.4) is 0 Å². The van der Waals surface area contributed by atoms with Gasteiger partial charge >= 0.3 is 0 Å². The largest absolute Gasteiger partial charge is 0.342 e. The molecule has 2 aromatic carbocycles. The number of H-pyrrole nitrogens is 2. The molecule has 0 saturated heterocycles. The Bertz CT molecular complexity index is 1080. The molecular formula is C21H21N5O. The third-order valence-electron chi connectivity index (χ3n) is 4.73. The molecule has 0 spiro atoms. The van der Waals surface area contributed by atoms with Crippen molar-refractivity contribution >= 4 is 16.9 Å². The van der Waals surface area contributed by atoms with Gasteiger partial charge in [-0.1, -0.05) is 42.5 Å². The van der Waals surface area contributed by atoms with E-state index in [0.29, 0.717) is 18.5 Å². The van der Waals surface area contributed by atoms with E-state index >= 15 is 0 Å². The lowest BCUT2D eigenvalue weighted by Gasteiger charge is -2.16. The van der Waals surface area contributed by atoms with E-state index in [-0.39, 0.29) is 5.91 Å². The maximum Gasteiger partial charge on any atom is 0.257 e. The number of carbonyl (C=O) groups is 1. The van der Waals surface area contributed by atoms with E-state index in [1.54, 1.807) is 18.1 Å². The smallest absolute Gasteiger partial charge is 0.257 e. The molecule has 0 aliphatic heterocycles. The van der Waals surface area contributed by atoms with Crippen molar-refractivity contribution in [2.75, 3.05) is 13.6 Å². The normalized spacial score (nSPS) is 11.0. The third kappa shape index (κ3) is 3.33. The summed E-state index contributed by atoms with van der Waals surface area (Å²) in [6.45, 7) is 2.61. The van der Waals surface area contributed by atoms with E-state index in [1.165, 1.54) is 0 Å². The molecule has 0 aliphatic carbocycles. The highest BCUT2D eigenvalue weighted by Crippen LogP contribution is 2.22. The average molecular weight is 359 g/mol. The lowest BCUT2D eigenvalue weighted by atomic mass is 10.1. The number of aromatic amines is 2. The zero-order valence-electron chi connectivity index (χ0n) is 15.4. The quantitative estimate of drug-likeness (QED) is 0.572. The van der Waals surface area contributed by atoms with E-state index in [2.05, 4.69) is 20.2 Å². The molecule has 0 saturated carbocycles. The van der Waals surface area contributed by atoms with Crippen molar-refractivity contribution in [3.63, 3.8) is 0 Å². The maximum absolute atomic E-state index is 12.9. The summed E-state index contributed by atoms with van der Waals surface area (Å²) < 4.78 is 0. The summed E-state index contributed by atoms with van der Waals surface area (Å²) in [4.78, 5) is 22.6. The molecule has 0 bridgehead atoms. The van der Waals surface area contributed by atoms with Gasteiger partial charge in [0.1, 0.15) is 5.82 Å². The summed E-state index contributed by atoms with van der Waals surface area (Å²) in [5.74, 6) is 0.823. The van der Waals surface area contributed by atoms with E-state index in [0.717, 1.165) is 33.7 Å². The van der Waals surface area contributed by atoms with Gasteiger partial charge in [0.2, 0.25) is 0 Å². The van der Waals surface area contributed by atoms with Crippen LogP contribution < -0.4 is 0 Å². The molecule has 2 heterocycles. The summed E-state index contributed by atoms with van der Waals surface area (Å²) in [6.07, 6.45) is 2.25. The molecule has 6 heteroatoms. The van der Waals surface area contributed by atoms with Crippen molar-refractivity contribution in [3.8, 4) is 11.3 Å². The minimum atomic E-state index is -0.0603. The fourth-order valence-electron chi connectivity index (χ4n) is 3.20. The number of aryl methyl sites for hydroxylation is 1. The van der Waals surface area contributed by atoms with Gasteiger partial charge in [-0.3, -0.25) is 9.89 Å². The van der Waals surface area contributed by atoms with Crippen LogP contribution in [0.25, 0.3) is 22.3 Å². The molecule has 0 aliphatic rings. The standard InChI is InChI=1S/C21H21N5O/c1-14-7-6-10-17-19(14)24-18(23-17)11-12-26(2)21(27)16-13-22-25-20(16)15-8-4-3-5-9-15/h3-10,13H,11-12H2,1-2H3,(H,22,25)(H,23,24). The molecule has 4 aromatic rings. The maximum atomic E-state index is 12.9. The predicted molar refractivity (Wildman–Crippen MR) is 106 cm³/mol. The monoisotopic (exact) mass is 359 g/mol. The number of amides is 1. The number of hydrogen-bond donors (Lipinski definition) is 2. The predicted octanol–water partition coefficient (Wildman–Crippen LogP) is 3.58. The third-order valence-corrected chi connectivity index (χ3v) is 4.73. The van der Waals surface area contributed by atoms with Crippen molar-refractivity contribution in [3.05, 3.63) is 71.7 Å². The Morgan fingerprint density at radius 3 is 2.70 bits per heavy atom. The van der Waals surface area contributed by atoms with Gasteiger partial charge < -0.3 is 9.88 Å². The zero-order chi connectivity index (χ0) is 18.8. The number of benzene rings is 2. The average Bonchev–Trinajstić information content (AvgIpc) is 3.34. The van der Waals surface area contributed by atoms with Crippen LogP contribution in [0.4, 0.5) is 0 Å². The summed E-state index contributed by atoms with van der Waals surface area (Å²) in [7, 11) is 1.80. The molecule has 1 amide bonds. The topological polar surface area (TPSA) is 77.7 Å². The van der Waals surface area contributed by atoms with Gasteiger partial charge in [0.25, 0.3) is 5.91 Å². The van der Waals surface area contributed by atoms with E-state index in [1.807, 2.05) is 55.5 Å². The van der Waals surface area contributed by atoms with Gasteiger partial charge in [0.15, 0.2) is 0 Å². The van der Waals surface area contributed by atoms with Crippen LogP contribution >= 0.6 is 0 Å². The fourth-order valence-corrected chi connectivity index (χ4v) is 3.20. The Balaban J connectivity index is 1.48.